The molecule has 132 valence electrons. The summed E-state index contributed by atoms with van der Waals surface area (Å²) in [7, 11) is 0. The van der Waals surface area contributed by atoms with E-state index >= 15 is 0 Å². The summed E-state index contributed by atoms with van der Waals surface area (Å²) in [5.74, 6) is -0.0625. The van der Waals surface area contributed by atoms with Gasteiger partial charge in [-0.1, -0.05) is 26.0 Å². The molecule has 2 aromatic rings. The Morgan fingerprint density at radius 2 is 1.92 bits per heavy atom. The third-order valence-electron chi connectivity index (χ3n) is 4.34. The fourth-order valence-electron chi connectivity index (χ4n) is 2.72. The Morgan fingerprint density at radius 3 is 2.40 bits per heavy atom. The molecule has 1 saturated carbocycles. The Hall–Kier alpha value is -2.21. The molecule has 0 spiro atoms. The minimum Gasteiger partial charge on any atom is -0.366 e. The molecule has 1 aromatic heterocycles. The lowest BCUT2D eigenvalue weighted by molar-refractivity contribution is 0.0733. The quantitative estimate of drug-likeness (QED) is 0.860. The predicted octanol–water partition coefficient (Wildman–Crippen LogP) is 3.48. The van der Waals surface area contributed by atoms with Crippen molar-refractivity contribution in [1.82, 2.24) is 9.88 Å². The van der Waals surface area contributed by atoms with E-state index in [1.165, 1.54) is 11.3 Å². The summed E-state index contributed by atoms with van der Waals surface area (Å²) in [6, 6.07) is 7.45. The molecule has 6 heteroatoms. The Kier molecular flexibility index (Phi) is 4.90. The molecule has 1 heterocycles. The van der Waals surface area contributed by atoms with E-state index in [9.17, 15) is 9.59 Å². The summed E-state index contributed by atoms with van der Waals surface area (Å²) in [5.41, 5.74) is 7.57. The monoisotopic (exact) mass is 357 g/mol. The highest BCUT2D eigenvalue weighted by atomic mass is 32.1. The zero-order valence-corrected chi connectivity index (χ0v) is 15.6. The van der Waals surface area contributed by atoms with Crippen LogP contribution in [0.4, 0.5) is 0 Å². The molecule has 2 N–H and O–H groups in total. The van der Waals surface area contributed by atoms with Crippen LogP contribution in [0.3, 0.4) is 0 Å². The Labute approximate surface area is 151 Å². The van der Waals surface area contributed by atoms with Crippen LogP contribution in [0.15, 0.2) is 24.3 Å². The molecular weight excluding hydrogens is 334 g/mol. The number of thiazole rings is 1. The highest BCUT2D eigenvalue weighted by Gasteiger charge is 2.34. The van der Waals surface area contributed by atoms with Gasteiger partial charge in [-0.2, -0.15) is 0 Å². The maximum absolute atomic E-state index is 13.1. The van der Waals surface area contributed by atoms with Crippen molar-refractivity contribution in [2.75, 3.05) is 0 Å². The number of hydrogen-bond donors (Lipinski definition) is 1. The second-order valence-corrected chi connectivity index (χ2v) is 7.88. The van der Waals surface area contributed by atoms with E-state index in [2.05, 4.69) is 18.8 Å². The summed E-state index contributed by atoms with van der Waals surface area (Å²) in [4.78, 5) is 31.5. The van der Waals surface area contributed by atoms with Crippen LogP contribution in [0.25, 0.3) is 0 Å². The molecule has 0 saturated heterocycles. The van der Waals surface area contributed by atoms with E-state index in [0.717, 1.165) is 34.0 Å². The van der Waals surface area contributed by atoms with Gasteiger partial charge in [-0.25, -0.2) is 4.98 Å². The minimum atomic E-state index is -0.442. The third-order valence-corrected chi connectivity index (χ3v) is 5.79. The van der Waals surface area contributed by atoms with Crippen LogP contribution in [0.2, 0.25) is 0 Å². The Bertz CT molecular complexity index is 792. The van der Waals surface area contributed by atoms with E-state index < -0.39 is 5.91 Å². The first kappa shape index (κ1) is 17.6. The molecule has 1 aromatic carbocycles. The van der Waals surface area contributed by atoms with Gasteiger partial charge in [0, 0.05) is 24.1 Å². The third kappa shape index (κ3) is 3.90. The predicted molar refractivity (Wildman–Crippen MR) is 98.8 cm³/mol. The molecule has 5 nitrogen and oxygen atoms in total. The Morgan fingerprint density at radius 1 is 1.28 bits per heavy atom. The zero-order chi connectivity index (χ0) is 18.1. The van der Waals surface area contributed by atoms with Gasteiger partial charge in [0.2, 0.25) is 5.91 Å². The molecular formula is C19H23N3O2S. The first-order valence-corrected chi connectivity index (χ1v) is 9.35. The van der Waals surface area contributed by atoms with Crippen molar-refractivity contribution in [1.29, 1.82) is 0 Å². The molecule has 1 aliphatic rings. The van der Waals surface area contributed by atoms with Crippen LogP contribution in [0, 0.1) is 6.92 Å². The molecule has 0 unspecified atom stereocenters. The van der Waals surface area contributed by atoms with Crippen LogP contribution >= 0.6 is 11.3 Å². The summed E-state index contributed by atoms with van der Waals surface area (Å²) in [6.07, 6.45) is 2.08. The molecule has 2 amide bonds. The standard InChI is InChI=1S/C19H23N3O2S/c1-11(2)18-21-12(3)16(25-18)19(24)22(15-8-9-15)10-13-4-6-14(7-5-13)17(20)23/h4-7,11,15H,8-10H2,1-3H3,(H2,20,23). The SMILES string of the molecule is Cc1nc(C(C)C)sc1C(=O)N(Cc1ccc(C(N)=O)cc1)C1CC1. The highest BCUT2D eigenvalue weighted by Crippen LogP contribution is 2.33. The molecule has 3 rings (SSSR count). The highest BCUT2D eigenvalue weighted by molar-refractivity contribution is 7.13. The van der Waals surface area contributed by atoms with Crippen LogP contribution in [0.5, 0.6) is 0 Å². The van der Waals surface area contributed by atoms with Crippen molar-refractivity contribution in [3.8, 4) is 0 Å². The van der Waals surface area contributed by atoms with Gasteiger partial charge in [0.15, 0.2) is 0 Å². The number of amides is 2. The fraction of sp³-hybridized carbons (Fsp3) is 0.421. The van der Waals surface area contributed by atoms with Crippen LogP contribution in [-0.2, 0) is 6.54 Å². The number of hydrogen-bond acceptors (Lipinski definition) is 4. The van der Waals surface area contributed by atoms with Gasteiger partial charge in [0.1, 0.15) is 4.88 Å². The van der Waals surface area contributed by atoms with Gasteiger partial charge in [-0.05, 0) is 37.5 Å². The van der Waals surface area contributed by atoms with Crippen LogP contribution < -0.4 is 5.73 Å². The zero-order valence-electron chi connectivity index (χ0n) is 14.8. The van der Waals surface area contributed by atoms with Gasteiger partial charge in [0.05, 0.1) is 10.7 Å². The molecule has 1 fully saturated rings. The number of carbonyl (C=O) groups excluding carboxylic acids is 2. The lowest BCUT2D eigenvalue weighted by Gasteiger charge is -2.22. The van der Waals surface area contributed by atoms with Gasteiger partial charge in [0.25, 0.3) is 5.91 Å². The molecule has 0 radical (unpaired) electrons. The summed E-state index contributed by atoms with van der Waals surface area (Å²) in [6.45, 7) is 6.62. The van der Waals surface area contributed by atoms with Gasteiger partial charge < -0.3 is 10.6 Å². The van der Waals surface area contributed by atoms with Crippen LogP contribution in [-0.4, -0.2) is 27.7 Å². The van der Waals surface area contributed by atoms with Crippen molar-refractivity contribution >= 4 is 23.2 Å². The minimum absolute atomic E-state index is 0.0587. The maximum Gasteiger partial charge on any atom is 0.266 e. The average molecular weight is 357 g/mol. The van der Waals surface area contributed by atoms with E-state index in [-0.39, 0.29) is 5.91 Å². The van der Waals surface area contributed by atoms with E-state index in [4.69, 9.17) is 5.73 Å². The largest absolute Gasteiger partial charge is 0.366 e. The summed E-state index contributed by atoms with van der Waals surface area (Å²) >= 11 is 1.50. The molecule has 1 aliphatic carbocycles. The first-order chi connectivity index (χ1) is 11.9. The van der Waals surface area contributed by atoms with Crippen molar-refractivity contribution < 1.29 is 9.59 Å². The second kappa shape index (κ2) is 6.96. The molecule has 25 heavy (non-hydrogen) atoms. The Balaban J connectivity index is 1.81. The van der Waals surface area contributed by atoms with E-state index in [1.54, 1.807) is 12.1 Å². The van der Waals surface area contributed by atoms with E-state index in [0.29, 0.717) is 24.1 Å². The first-order valence-electron chi connectivity index (χ1n) is 8.54. The lowest BCUT2D eigenvalue weighted by atomic mass is 10.1. The normalized spacial score (nSPS) is 13.9. The topological polar surface area (TPSA) is 76.3 Å². The smallest absolute Gasteiger partial charge is 0.266 e. The number of nitrogens with two attached hydrogens (primary N) is 1. The summed E-state index contributed by atoms with van der Waals surface area (Å²) < 4.78 is 0. The number of aryl methyl sites for hydroxylation is 1. The van der Waals surface area contributed by atoms with Crippen molar-refractivity contribution in [3.05, 3.63) is 51.0 Å². The molecule has 0 aliphatic heterocycles. The number of rotatable bonds is 6. The van der Waals surface area contributed by atoms with Crippen molar-refractivity contribution in [2.24, 2.45) is 5.73 Å². The number of benzene rings is 1. The molecule has 0 atom stereocenters. The fourth-order valence-corrected chi connectivity index (χ4v) is 3.74. The average Bonchev–Trinajstić information content (AvgIpc) is 3.33. The number of carbonyl (C=O) groups is 2. The van der Waals surface area contributed by atoms with Crippen molar-refractivity contribution in [3.63, 3.8) is 0 Å². The van der Waals surface area contributed by atoms with Crippen molar-refractivity contribution in [2.45, 2.75) is 52.1 Å². The number of nitrogens with zero attached hydrogens (tertiary/aromatic N) is 2. The number of aromatic nitrogens is 1. The second-order valence-electron chi connectivity index (χ2n) is 6.85. The lowest BCUT2D eigenvalue weighted by Crippen LogP contribution is -2.32. The van der Waals surface area contributed by atoms with E-state index in [1.807, 2.05) is 24.0 Å². The summed E-state index contributed by atoms with van der Waals surface area (Å²) in [5, 5.41) is 1.00. The van der Waals surface area contributed by atoms with Gasteiger partial charge in [-0.3, -0.25) is 9.59 Å². The van der Waals surface area contributed by atoms with Gasteiger partial charge in [-0.15, -0.1) is 11.3 Å². The van der Waals surface area contributed by atoms with Crippen LogP contribution in [0.1, 0.15) is 68.9 Å². The maximum atomic E-state index is 13.1. The number of primary amides is 1. The van der Waals surface area contributed by atoms with Gasteiger partial charge >= 0.3 is 0 Å². The molecule has 0 bridgehead atoms.